The van der Waals surface area contributed by atoms with Gasteiger partial charge in [0.25, 0.3) is 0 Å². The number of benzene rings is 5. The molecule has 1 aromatic heterocycles. The van der Waals surface area contributed by atoms with Gasteiger partial charge >= 0.3 is 0 Å². The molecular weight excluding hydrogens is 628 g/mol. The van der Waals surface area contributed by atoms with Crippen LogP contribution >= 0.6 is 11.6 Å². The summed E-state index contributed by atoms with van der Waals surface area (Å²) in [6.45, 7) is 4.30. The van der Waals surface area contributed by atoms with Gasteiger partial charge in [-0.15, -0.1) is 5.10 Å². The van der Waals surface area contributed by atoms with Crippen LogP contribution in [0.15, 0.2) is 150 Å². The van der Waals surface area contributed by atoms with Gasteiger partial charge in [-0.1, -0.05) is 164 Å². The SMILES string of the molecule is CCCCN1CN(Cc2ccc(-c3ccccc3-c3nnnn3C(c3ccccc3)(c3ccccc3)c3ccccc3)cc2)C(CO)=C1Cl. The number of rotatable bonds is 12. The van der Waals surface area contributed by atoms with Gasteiger partial charge in [-0.3, -0.25) is 0 Å². The molecule has 1 aliphatic heterocycles. The van der Waals surface area contributed by atoms with Gasteiger partial charge in [-0.2, -0.15) is 0 Å². The third-order valence-electron chi connectivity index (χ3n) is 9.34. The third-order valence-corrected chi connectivity index (χ3v) is 9.80. The Morgan fingerprint density at radius 1 is 0.694 bits per heavy atom. The first-order chi connectivity index (χ1) is 24.1. The van der Waals surface area contributed by atoms with Crippen molar-refractivity contribution in [1.82, 2.24) is 30.0 Å². The molecule has 8 heteroatoms. The van der Waals surface area contributed by atoms with E-state index in [1.807, 2.05) is 28.9 Å². The molecule has 2 heterocycles. The number of hydrogen-bond acceptors (Lipinski definition) is 6. The van der Waals surface area contributed by atoms with Crippen molar-refractivity contribution in [3.63, 3.8) is 0 Å². The Bertz CT molecular complexity index is 1920. The Kier molecular flexibility index (Phi) is 9.55. The highest BCUT2D eigenvalue weighted by atomic mass is 35.5. The van der Waals surface area contributed by atoms with Gasteiger partial charge in [0, 0.05) is 18.7 Å². The molecule has 0 saturated heterocycles. The number of tetrazole rings is 1. The van der Waals surface area contributed by atoms with E-state index in [-0.39, 0.29) is 6.61 Å². The lowest BCUT2D eigenvalue weighted by molar-refractivity contribution is 0.217. The second-order valence-corrected chi connectivity index (χ2v) is 12.7. The molecule has 0 bridgehead atoms. The van der Waals surface area contributed by atoms with Gasteiger partial charge in [0.2, 0.25) is 0 Å². The number of aliphatic hydroxyl groups is 1. The van der Waals surface area contributed by atoms with Gasteiger partial charge < -0.3 is 14.9 Å². The van der Waals surface area contributed by atoms with E-state index >= 15 is 0 Å². The molecular formula is C41H39ClN6O. The van der Waals surface area contributed by atoms with E-state index in [1.54, 1.807) is 0 Å². The van der Waals surface area contributed by atoms with Gasteiger partial charge in [0.05, 0.1) is 19.0 Å². The average molecular weight is 667 g/mol. The minimum absolute atomic E-state index is 0.0852. The van der Waals surface area contributed by atoms with Crippen LogP contribution in [0.2, 0.25) is 0 Å². The molecule has 1 N–H and O–H groups in total. The van der Waals surface area contributed by atoms with E-state index in [0.29, 0.717) is 24.2 Å². The monoisotopic (exact) mass is 666 g/mol. The van der Waals surface area contributed by atoms with Gasteiger partial charge in [0.1, 0.15) is 10.7 Å². The summed E-state index contributed by atoms with van der Waals surface area (Å²) in [4.78, 5) is 4.30. The van der Waals surface area contributed by atoms with Crippen LogP contribution in [0, 0.1) is 0 Å². The molecule has 7 nitrogen and oxygen atoms in total. The Morgan fingerprint density at radius 2 is 1.24 bits per heavy atom. The summed E-state index contributed by atoms with van der Waals surface area (Å²) in [6, 6.07) is 48.2. The fraction of sp³-hybridized carbons (Fsp3) is 0.195. The van der Waals surface area contributed by atoms with Crippen LogP contribution in [0.3, 0.4) is 0 Å². The number of aromatic nitrogens is 4. The highest BCUT2D eigenvalue weighted by Gasteiger charge is 2.42. The molecule has 6 aromatic rings. The molecule has 5 aromatic carbocycles. The van der Waals surface area contributed by atoms with Crippen LogP contribution in [-0.2, 0) is 12.1 Å². The van der Waals surface area contributed by atoms with Crippen molar-refractivity contribution in [1.29, 1.82) is 0 Å². The summed E-state index contributed by atoms with van der Waals surface area (Å²) < 4.78 is 1.98. The smallest absolute Gasteiger partial charge is 0.184 e. The van der Waals surface area contributed by atoms with E-state index in [0.717, 1.165) is 64.0 Å². The van der Waals surface area contributed by atoms with Crippen LogP contribution < -0.4 is 0 Å². The van der Waals surface area contributed by atoms with Gasteiger partial charge in [0.15, 0.2) is 5.82 Å². The quantitative estimate of drug-likeness (QED) is 0.105. The second-order valence-electron chi connectivity index (χ2n) is 12.3. The van der Waals surface area contributed by atoms with Crippen LogP contribution in [0.1, 0.15) is 42.0 Å². The van der Waals surface area contributed by atoms with Crippen molar-refractivity contribution < 1.29 is 5.11 Å². The summed E-state index contributed by atoms with van der Waals surface area (Å²) in [6.07, 6.45) is 2.15. The van der Waals surface area contributed by atoms with Crippen molar-refractivity contribution in [3.05, 3.63) is 173 Å². The first-order valence-corrected chi connectivity index (χ1v) is 17.2. The molecule has 0 aliphatic carbocycles. The highest BCUT2D eigenvalue weighted by Crippen LogP contribution is 2.43. The number of hydrogen-bond donors (Lipinski definition) is 1. The lowest BCUT2D eigenvalue weighted by atomic mass is 9.77. The summed E-state index contributed by atoms with van der Waals surface area (Å²) in [5, 5.41) is 24.5. The lowest BCUT2D eigenvalue weighted by Gasteiger charge is -2.36. The summed E-state index contributed by atoms with van der Waals surface area (Å²) in [5.74, 6) is 0.660. The summed E-state index contributed by atoms with van der Waals surface area (Å²) in [7, 11) is 0. The number of unbranched alkanes of at least 4 members (excludes halogenated alkanes) is 1. The minimum atomic E-state index is -0.848. The largest absolute Gasteiger partial charge is 0.390 e. The van der Waals surface area contributed by atoms with Crippen LogP contribution in [-0.4, -0.2) is 54.9 Å². The zero-order chi connectivity index (χ0) is 33.6. The van der Waals surface area contributed by atoms with Crippen molar-refractivity contribution >= 4 is 11.6 Å². The first kappa shape index (κ1) is 32.3. The van der Waals surface area contributed by atoms with Crippen LogP contribution in [0.5, 0.6) is 0 Å². The minimum Gasteiger partial charge on any atom is -0.390 e. The third kappa shape index (κ3) is 6.12. The number of nitrogens with zero attached hydrogens (tertiary/aromatic N) is 6. The van der Waals surface area contributed by atoms with E-state index in [9.17, 15) is 5.11 Å². The molecule has 0 atom stereocenters. The normalized spacial score (nSPS) is 13.4. The zero-order valence-corrected chi connectivity index (χ0v) is 28.3. The molecule has 0 radical (unpaired) electrons. The molecule has 1 aliphatic rings. The summed E-state index contributed by atoms with van der Waals surface area (Å²) >= 11 is 6.66. The average Bonchev–Trinajstić information content (AvgIpc) is 3.77. The Hall–Kier alpha value is -5.24. The maximum absolute atomic E-state index is 10.1. The predicted octanol–water partition coefficient (Wildman–Crippen LogP) is 8.12. The second kappa shape index (κ2) is 14.5. The molecule has 7 rings (SSSR count). The molecule has 49 heavy (non-hydrogen) atoms. The predicted molar refractivity (Wildman–Crippen MR) is 195 cm³/mol. The van der Waals surface area contributed by atoms with Crippen molar-refractivity contribution in [2.75, 3.05) is 19.8 Å². The van der Waals surface area contributed by atoms with Gasteiger partial charge in [-0.05, 0) is 50.2 Å². The fourth-order valence-electron chi connectivity index (χ4n) is 6.92. The molecule has 246 valence electrons. The van der Waals surface area contributed by atoms with E-state index in [4.69, 9.17) is 21.9 Å². The zero-order valence-electron chi connectivity index (χ0n) is 27.5. The lowest BCUT2D eigenvalue weighted by Crippen LogP contribution is -2.39. The van der Waals surface area contributed by atoms with Crippen LogP contribution in [0.25, 0.3) is 22.5 Å². The number of aliphatic hydroxyl groups excluding tert-OH is 1. The topological polar surface area (TPSA) is 70.3 Å². The van der Waals surface area contributed by atoms with Gasteiger partial charge in [-0.25, -0.2) is 4.68 Å². The maximum atomic E-state index is 10.1. The molecule has 0 saturated carbocycles. The standard InChI is InChI=1S/C41H39ClN6O/c1-2-3-27-46-30-47(38(29-49)39(46)42)28-31-23-25-32(26-24-31)36-21-13-14-22-37(36)40-43-44-45-48(40)41(33-15-7-4-8-16-33,34-17-9-5-10-18-34)35-19-11-6-12-20-35/h4-26,49H,2-3,27-30H2,1H3. The van der Waals surface area contributed by atoms with Crippen molar-refractivity contribution in [2.24, 2.45) is 0 Å². The van der Waals surface area contributed by atoms with Crippen LogP contribution in [0.4, 0.5) is 0 Å². The van der Waals surface area contributed by atoms with E-state index < -0.39 is 5.54 Å². The molecule has 0 unspecified atom stereocenters. The summed E-state index contributed by atoms with van der Waals surface area (Å²) in [5.41, 5.74) is 7.22. The van der Waals surface area contributed by atoms with Crippen molar-refractivity contribution in [2.45, 2.75) is 31.8 Å². The molecule has 0 spiro atoms. The Balaban J connectivity index is 1.29. The van der Waals surface area contributed by atoms with E-state index in [1.165, 1.54) is 0 Å². The highest BCUT2D eigenvalue weighted by molar-refractivity contribution is 6.29. The first-order valence-electron chi connectivity index (χ1n) is 16.8. The molecule has 0 fully saturated rings. The number of halogens is 1. The molecule has 0 amide bonds. The van der Waals surface area contributed by atoms with Crippen molar-refractivity contribution in [3.8, 4) is 22.5 Å². The fourth-order valence-corrected chi connectivity index (χ4v) is 7.24. The Labute approximate surface area is 292 Å². The van der Waals surface area contributed by atoms with E-state index in [2.05, 4.69) is 137 Å². The Morgan fingerprint density at radius 3 is 1.80 bits per heavy atom. The maximum Gasteiger partial charge on any atom is 0.184 e.